The Labute approximate surface area is 157 Å². The first-order valence-electron chi connectivity index (χ1n) is 8.67. The smallest absolute Gasteiger partial charge is 0.0961 e. The Hall–Kier alpha value is -2.63. The van der Waals surface area contributed by atoms with Gasteiger partial charge in [-0.05, 0) is 32.9 Å². The van der Waals surface area contributed by atoms with E-state index in [9.17, 15) is 0 Å². The van der Waals surface area contributed by atoms with E-state index in [1.807, 2.05) is 12.1 Å². The molecule has 0 nitrogen and oxygen atoms in total. The van der Waals surface area contributed by atoms with E-state index in [0.717, 1.165) is 0 Å². The Kier molecular flexibility index (Phi) is 5.00. The first-order chi connectivity index (χ1) is 12.8. The van der Waals surface area contributed by atoms with Crippen LogP contribution in [0.1, 0.15) is 0 Å². The molecular weight excluding hydrogens is 330 g/mol. The van der Waals surface area contributed by atoms with E-state index in [2.05, 4.69) is 97.1 Å². The first-order valence-corrected chi connectivity index (χ1v) is 10.1. The molecular formula is C24H18BP. The zero-order chi connectivity index (χ0) is 17.8. The maximum atomic E-state index is 6.56. The molecule has 0 aliphatic carbocycles. The lowest BCUT2D eigenvalue weighted by molar-refractivity contribution is 1.63. The second kappa shape index (κ2) is 7.73. The summed E-state index contributed by atoms with van der Waals surface area (Å²) in [7, 11) is 5.73. The molecule has 0 N–H and O–H groups in total. The fourth-order valence-electron chi connectivity index (χ4n) is 3.04. The third-order valence-corrected chi connectivity index (χ3v) is 6.21. The van der Waals surface area contributed by atoms with Gasteiger partial charge in [-0.3, -0.25) is 0 Å². The summed E-state index contributed by atoms with van der Waals surface area (Å²) in [4.78, 5) is 0. The van der Waals surface area contributed by atoms with Crippen LogP contribution in [0.3, 0.4) is 0 Å². The second-order valence-electron chi connectivity index (χ2n) is 6.20. The molecule has 0 aliphatic heterocycles. The van der Waals surface area contributed by atoms with Crippen LogP contribution >= 0.6 is 7.80 Å². The van der Waals surface area contributed by atoms with Gasteiger partial charge in [0.25, 0.3) is 0 Å². The Bertz CT molecular complexity index is 879. The summed E-state index contributed by atoms with van der Waals surface area (Å²) in [5.41, 5.74) is 4.90. The molecule has 0 bridgehead atoms. The molecule has 0 spiro atoms. The maximum absolute atomic E-state index is 6.56. The third-order valence-electron chi connectivity index (χ3n) is 4.51. The fourth-order valence-corrected chi connectivity index (χ4v) is 4.28. The Balaban J connectivity index is 1.55. The molecule has 4 aromatic rings. The van der Waals surface area contributed by atoms with Gasteiger partial charge < -0.3 is 0 Å². The van der Waals surface area contributed by atoms with Gasteiger partial charge in [-0.1, -0.05) is 117 Å². The minimum absolute atomic E-state index is 0.833. The number of benzene rings is 4. The molecule has 0 heterocycles. The van der Waals surface area contributed by atoms with Gasteiger partial charge >= 0.3 is 0 Å². The molecule has 0 aliphatic rings. The predicted molar refractivity (Wildman–Crippen MR) is 116 cm³/mol. The lowest BCUT2D eigenvalue weighted by Gasteiger charge is -2.15. The Morgan fingerprint density at radius 1 is 0.385 bits per heavy atom. The van der Waals surface area contributed by atoms with E-state index >= 15 is 0 Å². The highest BCUT2D eigenvalue weighted by Gasteiger charge is 2.08. The standard InChI is InChI=1S/C24H18BP/c25-26(23-15-11-21(12-16-23)19-7-3-1-4-8-19)24-17-13-22(14-18-24)20-9-5-2-6-10-20/h1-18H. The average molecular weight is 348 g/mol. The van der Waals surface area contributed by atoms with Crippen LogP contribution in [-0.4, -0.2) is 7.57 Å². The number of hydrogen-bond donors (Lipinski definition) is 0. The molecule has 26 heavy (non-hydrogen) atoms. The minimum atomic E-state index is -0.833. The van der Waals surface area contributed by atoms with Gasteiger partial charge in [-0.15, -0.1) is 0 Å². The molecule has 4 aromatic carbocycles. The van der Waals surface area contributed by atoms with Gasteiger partial charge in [0, 0.05) is 0 Å². The van der Waals surface area contributed by atoms with E-state index in [4.69, 9.17) is 7.57 Å². The summed E-state index contributed by atoms with van der Waals surface area (Å²) < 4.78 is 0. The summed E-state index contributed by atoms with van der Waals surface area (Å²) in [5, 5.41) is 2.37. The minimum Gasteiger partial charge on any atom is -0.0961 e. The highest BCUT2D eigenvalue weighted by molar-refractivity contribution is 7.94. The SMILES string of the molecule is [B]P(c1ccc(-c2ccccc2)cc1)c1ccc(-c2ccccc2)cc1. The Morgan fingerprint density at radius 3 is 1.04 bits per heavy atom. The van der Waals surface area contributed by atoms with E-state index in [1.165, 1.54) is 32.9 Å². The summed E-state index contributed by atoms with van der Waals surface area (Å²) in [6.07, 6.45) is 0. The summed E-state index contributed by atoms with van der Waals surface area (Å²) in [5.74, 6) is 0. The van der Waals surface area contributed by atoms with Crippen LogP contribution < -0.4 is 10.6 Å². The van der Waals surface area contributed by atoms with Crippen molar-refractivity contribution in [3.05, 3.63) is 109 Å². The van der Waals surface area contributed by atoms with Crippen LogP contribution in [0.4, 0.5) is 0 Å². The van der Waals surface area contributed by atoms with Gasteiger partial charge in [0.1, 0.15) is 7.57 Å². The number of rotatable bonds is 4. The molecule has 0 unspecified atom stereocenters. The largest absolute Gasteiger partial charge is 0.121 e. The predicted octanol–water partition coefficient (Wildman–Crippen LogP) is 5.54. The van der Waals surface area contributed by atoms with Crippen molar-refractivity contribution in [2.24, 2.45) is 0 Å². The highest BCUT2D eigenvalue weighted by Crippen LogP contribution is 2.30. The molecule has 0 atom stereocenters. The van der Waals surface area contributed by atoms with Crippen molar-refractivity contribution in [2.75, 3.05) is 0 Å². The van der Waals surface area contributed by atoms with Gasteiger partial charge in [-0.2, -0.15) is 0 Å². The molecule has 2 radical (unpaired) electrons. The number of hydrogen-bond acceptors (Lipinski definition) is 0. The van der Waals surface area contributed by atoms with Crippen molar-refractivity contribution < 1.29 is 0 Å². The molecule has 122 valence electrons. The fraction of sp³-hybridized carbons (Fsp3) is 0. The highest BCUT2D eigenvalue weighted by atomic mass is 31.1. The maximum Gasteiger partial charge on any atom is 0.121 e. The van der Waals surface area contributed by atoms with Crippen LogP contribution in [-0.2, 0) is 0 Å². The molecule has 2 heteroatoms. The van der Waals surface area contributed by atoms with Crippen LogP contribution in [0, 0.1) is 0 Å². The van der Waals surface area contributed by atoms with Gasteiger partial charge in [0.05, 0.1) is 0 Å². The van der Waals surface area contributed by atoms with Crippen LogP contribution in [0.2, 0.25) is 0 Å². The normalized spacial score (nSPS) is 10.8. The van der Waals surface area contributed by atoms with Crippen molar-refractivity contribution in [3.8, 4) is 22.3 Å². The lowest BCUT2D eigenvalue weighted by Crippen LogP contribution is -2.11. The van der Waals surface area contributed by atoms with Crippen molar-refractivity contribution in [3.63, 3.8) is 0 Å². The monoisotopic (exact) mass is 348 g/mol. The summed E-state index contributed by atoms with van der Waals surface area (Å²) in [6, 6.07) is 38.1. The van der Waals surface area contributed by atoms with Crippen LogP contribution in [0.15, 0.2) is 109 Å². The van der Waals surface area contributed by atoms with Crippen molar-refractivity contribution in [2.45, 2.75) is 0 Å². The van der Waals surface area contributed by atoms with E-state index in [1.54, 1.807) is 0 Å². The molecule has 0 fully saturated rings. The second-order valence-corrected chi connectivity index (χ2v) is 7.97. The third kappa shape index (κ3) is 3.64. The van der Waals surface area contributed by atoms with Crippen molar-refractivity contribution >= 4 is 26.0 Å². The zero-order valence-electron chi connectivity index (χ0n) is 14.4. The van der Waals surface area contributed by atoms with Crippen molar-refractivity contribution in [1.82, 2.24) is 0 Å². The van der Waals surface area contributed by atoms with Crippen LogP contribution in [0.5, 0.6) is 0 Å². The summed E-state index contributed by atoms with van der Waals surface area (Å²) >= 11 is 0. The first kappa shape index (κ1) is 16.8. The topological polar surface area (TPSA) is 0 Å². The Morgan fingerprint density at radius 2 is 0.692 bits per heavy atom. The molecule has 0 saturated heterocycles. The quantitative estimate of drug-likeness (QED) is 0.336. The molecule has 4 rings (SSSR count). The van der Waals surface area contributed by atoms with Crippen molar-refractivity contribution in [1.29, 1.82) is 0 Å². The molecule has 0 aromatic heterocycles. The molecule has 0 saturated carbocycles. The van der Waals surface area contributed by atoms with E-state index in [0.29, 0.717) is 0 Å². The van der Waals surface area contributed by atoms with Gasteiger partial charge in [0.2, 0.25) is 0 Å². The van der Waals surface area contributed by atoms with Gasteiger partial charge in [-0.25, -0.2) is 0 Å². The zero-order valence-corrected chi connectivity index (χ0v) is 15.3. The average Bonchev–Trinajstić information content (AvgIpc) is 2.75. The lowest BCUT2D eigenvalue weighted by atomic mass is 10.1. The van der Waals surface area contributed by atoms with E-state index < -0.39 is 7.80 Å². The van der Waals surface area contributed by atoms with Gasteiger partial charge in [0.15, 0.2) is 0 Å². The van der Waals surface area contributed by atoms with Crippen LogP contribution in [0.25, 0.3) is 22.3 Å². The summed E-state index contributed by atoms with van der Waals surface area (Å²) in [6.45, 7) is 0. The molecule has 0 amide bonds. The van der Waals surface area contributed by atoms with E-state index in [-0.39, 0.29) is 0 Å².